The summed E-state index contributed by atoms with van der Waals surface area (Å²) in [6.07, 6.45) is 5.42. The van der Waals surface area contributed by atoms with Crippen LogP contribution in [-0.2, 0) is 10.0 Å². The summed E-state index contributed by atoms with van der Waals surface area (Å²) < 4.78 is 27.3. The zero-order valence-corrected chi connectivity index (χ0v) is 15.7. The van der Waals surface area contributed by atoms with Crippen LogP contribution < -0.4 is 10.0 Å². The van der Waals surface area contributed by atoms with E-state index in [2.05, 4.69) is 15.0 Å². The first kappa shape index (κ1) is 17.3. The minimum atomic E-state index is -3.74. The van der Waals surface area contributed by atoms with Crippen molar-refractivity contribution >= 4 is 38.2 Å². The van der Waals surface area contributed by atoms with Gasteiger partial charge in [-0.2, -0.15) is 0 Å². The first-order valence-corrected chi connectivity index (χ1v) is 10.9. The highest BCUT2D eigenvalue weighted by atomic mass is 32.2. The van der Waals surface area contributed by atoms with Crippen LogP contribution >= 0.6 is 11.3 Å². The number of carbonyl (C=O) groups is 1. The molecule has 1 aromatic heterocycles. The van der Waals surface area contributed by atoms with Crippen LogP contribution in [0.5, 0.6) is 0 Å². The molecule has 1 aliphatic carbocycles. The Kier molecular flexibility index (Phi) is 4.58. The molecule has 0 bridgehead atoms. The molecule has 2 heterocycles. The lowest BCUT2D eigenvalue weighted by molar-refractivity contribution is 0.122. The maximum absolute atomic E-state index is 12.4. The molecule has 4 rings (SSSR count). The number of hydrogen-bond donors (Lipinski definition) is 2. The van der Waals surface area contributed by atoms with Gasteiger partial charge in [0.25, 0.3) is 10.0 Å². The van der Waals surface area contributed by atoms with Crippen molar-refractivity contribution in [3.05, 3.63) is 35.8 Å². The molecule has 2 aliphatic rings. The molecule has 0 spiro atoms. The van der Waals surface area contributed by atoms with Gasteiger partial charge < -0.3 is 10.2 Å². The lowest BCUT2D eigenvalue weighted by atomic mass is 9.94. The molecule has 138 valence electrons. The summed E-state index contributed by atoms with van der Waals surface area (Å²) in [5, 5.41) is 4.79. The fourth-order valence-electron chi connectivity index (χ4n) is 3.10. The van der Waals surface area contributed by atoms with E-state index in [-0.39, 0.29) is 10.9 Å². The second kappa shape index (κ2) is 6.88. The van der Waals surface area contributed by atoms with E-state index in [9.17, 15) is 13.2 Å². The maximum Gasteiger partial charge on any atom is 0.321 e. The summed E-state index contributed by atoms with van der Waals surface area (Å²) in [5.74, 6) is 1.49. The number of nitrogens with zero attached hydrogens (tertiary/aromatic N) is 2. The Bertz CT molecular complexity index is 888. The van der Waals surface area contributed by atoms with Crippen molar-refractivity contribution < 1.29 is 13.2 Å². The molecule has 2 N–H and O–H groups in total. The Morgan fingerprint density at radius 3 is 2.77 bits per heavy atom. The number of sulfonamides is 1. The van der Waals surface area contributed by atoms with Gasteiger partial charge in [0.1, 0.15) is 0 Å². The lowest BCUT2D eigenvalue weighted by Gasteiger charge is -2.39. The molecular formula is C17H20N4O3S2. The molecule has 9 heteroatoms. The molecule has 0 atom stereocenters. The lowest BCUT2D eigenvalue weighted by Crippen LogP contribution is -2.51. The molecule has 0 unspecified atom stereocenters. The molecule has 2 aromatic rings. The zero-order valence-electron chi connectivity index (χ0n) is 14.1. The van der Waals surface area contributed by atoms with Gasteiger partial charge in [0, 0.05) is 30.4 Å². The Morgan fingerprint density at radius 1 is 1.27 bits per heavy atom. The normalized spacial score (nSPS) is 17.6. The quantitative estimate of drug-likeness (QED) is 0.790. The van der Waals surface area contributed by atoms with Crippen LogP contribution in [0.15, 0.2) is 40.7 Å². The van der Waals surface area contributed by atoms with E-state index in [1.54, 1.807) is 22.4 Å². The van der Waals surface area contributed by atoms with E-state index in [4.69, 9.17) is 0 Å². The first-order valence-electron chi connectivity index (χ1n) is 8.58. The Morgan fingerprint density at radius 2 is 2.08 bits per heavy atom. The topological polar surface area (TPSA) is 91.4 Å². The average molecular weight is 393 g/mol. The molecule has 2 amide bonds. The summed E-state index contributed by atoms with van der Waals surface area (Å²) in [6.45, 7) is 1.57. The van der Waals surface area contributed by atoms with Gasteiger partial charge in [0.05, 0.1) is 4.90 Å². The van der Waals surface area contributed by atoms with Gasteiger partial charge in [-0.25, -0.2) is 18.2 Å². The van der Waals surface area contributed by atoms with Crippen molar-refractivity contribution in [3.8, 4) is 0 Å². The summed E-state index contributed by atoms with van der Waals surface area (Å²) in [4.78, 5) is 18.1. The Labute approximate surface area is 156 Å². The van der Waals surface area contributed by atoms with Crippen molar-refractivity contribution in [3.63, 3.8) is 0 Å². The molecule has 1 saturated carbocycles. The second-order valence-electron chi connectivity index (χ2n) is 6.85. The highest BCUT2D eigenvalue weighted by molar-refractivity contribution is 7.93. The number of nitrogens with one attached hydrogen (secondary N) is 2. The summed E-state index contributed by atoms with van der Waals surface area (Å²) in [7, 11) is -3.74. The Hall–Kier alpha value is -2.13. The van der Waals surface area contributed by atoms with E-state index in [1.165, 1.54) is 48.9 Å². The van der Waals surface area contributed by atoms with Gasteiger partial charge in [-0.05, 0) is 36.5 Å². The third kappa shape index (κ3) is 3.99. The van der Waals surface area contributed by atoms with Crippen LogP contribution in [0.25, 0.3) is 0 Å². The minimum absolute atomic E-state index is 0.0840. The van der Waals surface area contributed by atoms with Crippen LogP contribution in [0.2, 0.25) is 0 Å². The number of anilines is 2. The zero-order chi connectivity index (χ0) is 18.1. The minimum Gasteiger partial charge on any atom is -0.324 e. The van der Waals surface area contributed by atoms with Crippen LogP contribution in [0.1, 0.15) is 19.3 Å². The molecular weight excluding hydrogens is 372 g/mol. The maximum atomic E-state index is 12.4. The van der Waals surface area contributed by atoms with Crippen LogP contribution in [0, 0.1) is 11.8 Å². The second-order valence-corrected chi connectivity index (χ2v) is 9.43. The van der Waals surface area contributed by atoms with Crippen molar-refractivity contribution in [2.75, 3.05) is 23.1 Å². The summed E-state index contributed by atoms with van der Waals surface area (Å²) in [6, 6.07) is 6.05. The van der Waals surface area contributed by atoms with E-state index < -0.39 is 10.0 Å². The monoisotopic (exact) mass is 392 g/mol. The van der Waals surface area contributed by atoms with Gasteiger partial charge in [-0.3, -0.25) is 4.72 Å². The van der Waals surface area contributed by atoms with Gasteiger partial charge in [0.15, 0.2) is 5.13 Å². The summed E-state index contributed by atoms with van der Waals surface area (Å²) >= 11 is 1.20. The van der Waals surface area contributed by atoms with Crippen molar-refractivity contribution in [1.82, 2.24) is 9.88 Å². The van der Waals surface area contributed by atoms with Crippen molar-refractivity contribution in [2.45, 2.75) is 24.2 Å². The number of aromatic nitrogens is 1. The fourth-order valence-corrected chi connectivity index (χ4v) is 4.94. The van der Waals surface area contributed by atoms with E-state index in [1.807, 2.05) is 0 Å². The van der Waals surface area contributed by atoms with Gasteiger partial charge in [-0.1, -0.05) is 18.9 Å². The van der Waals surface area contributed by atoms with Crippen LogP contribution in [0.4, 0.5) is 15.6 Å². The number of likely N-dealkylation sites (tertiary alicyclic amines) is 1. The average Bonchev–Trinajstić information content (AvgIpc) is 3.25. The molecule has 7 nitrogen and oxygen atoms in total. The van der Waals surface area contributed by atoms with Crippen LogP contribution in [-0.4, -0.2) is 37.4 Å². The van der Waals surface area contributed by atoms with E-state index in [0.717, 1.165) is 19.0 Å². The molecule has 1 saturated heterocycles. The third-order valence-corrected chi connectivity index (χ3v) is 6.81. The first-order chi connectivity index (χ1) is 12.5. The molecule has 1 aliphatic heterocycles. The highest BCUT2D eigenvalue weighted by Gasteiger charge is 2.35. The van der Waals surface area contributed by atoms with Gasteiger partial charge >= 0.3 is 6.03 Å². The number of amides is 2. The van der Waals surface area contributed by atoms with E-state index in [0.29, 0.717) is 16.7 Å². The number of hydrogen-bond acceptors (Lipinski definition) is 5. The molecule has 1 aromatic carbocycles. The predicted molar refractivity (Wildman–Crippen MR) is 101 cm³/mol. The van der Waals surface area contributed by atoms with Crippen LogP contribution in [0.3, 0.4) is 0 Å². The predicted octanol–water partition coefficient (Wildman–Crippen LogP) is 3.21. The number of carbonyl (C=O) groups excluding carboxylic acids is 1. The molecule has 0 radical (unpaired) electrons. The van der Waals surface area contributed by atoms with Gasteiger partial charge in [-0.15, -0.1) is 11.3 Å². The molecule has 26 heavy (non-hydrogen) atoms. The summed E-state index contributed by atoms with van der Waals surface area (Å²) in [5.41, 5.74) is 0.461. The SMILES string of the molecule is O=C(Nc1cccc(S(=O)(=O)Nc2nccs2)c1)N1CC(CC2CC2)C1. The third-order valence-electron chi connectivity index (χ3n) is 4.66. The number of rotatable bonds is 6. The van der Waals surface area contributed by atoms with Gasteiger partial charge in [0.2, 0.25) is 0 Å². The smallest absolute Gasteiger partial charge is 0.321 e. The number of thiazole rings is 1. The van der Waals surface area contributed by atoms with Crippen molar-refractivity contribution in [2.24, 2.45) is 11.8 Å². The Balaban J connectivity index is 1.37. The fraction of sp³-hybridized carbons (Fsp3) is 0.412. The van der Waals surface area contributed by atoms with Crippen molar-refractivity contribution in [1.29, 1.82) is 0 Å². The number of urea groups is 1. The van der Waals surface area contributed by atoms with E-state index >= 15 is 0 Å². The number of benzene rings is 1. The highest BCUT2D eigenvalue weighted by Crippen LogP contribution is 2.38. The molecule has 2 fully saturated rings. The standard InChI is InChI=1S/C17H20N4O3S2/c22-17(21-10-13(11-21)8-12-4-5-12)19-14-2-1-3-15(9-14)26(23,24)20-16-18-6-7-25-16/h1-3,6-7,9,12-13H,4-5,8,10-11H2,(H,18,20)(H,19,22). The largest absolute Gasteiger partial charge is 0.324 e.